The molecule has 1 saturated heterocycles. The molecule has 2 aromatic carbocycles. The molecule has 0 unspecified atom stereocenters. The van der Waals surface area contributed by atoms with Gasteiger partial charge in [0.25, 0.3) is 0 Å². The zero-order valence-electron chi connectivity index (χ0n) is 26.1. The zero-order valence-corrected chi connectivity index (χ0v) is 26.9. The molecule has 1 aliphatic heterocycles. The Hall–Kier alpha value is -1.71. The highest BCUT2D eigenvalue weighted by Crippen LogP contribution is 2.44. The molecule has 0 aliphatic carbocycles. The van der Waals surface area contributed by atoms with Crippen molar-refractivity contribution >= 4 is 11.6 Å². The van der Waals surface area contributed by atoms with Crippen molar-refractivity contribution in [2.45, 2.75) is 103 Å². The molecule has 8 heteroatoms. The van der Waals surface area contributed by atoms with Crippen molar-refractivity contribution in [1.82, 2.24) is 0 Å². The highest BCUT2D eigenvalue weighted by molar-refractivity contribution is 6.31. The lowest BCUT2D eigenvalue weighted by molar-refractivity contribution is -0.381. The number of hydrogen-bond donors (Lipinski definition) is 1. The van der Waals surface area contributed by atoms with Crippen molar-refractivity contribution in [3.05, 3.63) is 64.2 Å². The first kappa shape index (κ1) is 34.8. The molecule has 3 rings (SSSR count). The summed E-state index contributed by atoms with van der Waals surface area (Å²) in [5, 5.41) is 11.2. The van der Waals surface area contributed by atoms with Crippen LogP contribution >= 0.6 is 11.6 Å². The Morgan fingerprint density at radius 2 is 1.45 bits per heavy atom. The number of ether oxygens (including phenoxy) is 6. The number of methoxy groups -OCH3 is 1. The number of aliphatic hydroxyl groups excluding tert-OH is 1. The van der Waals surface area contributed by atoms with Crippen LogP contribution in [0.25, 0.3) is 0 Å². The average Bonchev–Trinajstić information content (AvgIpc) is 3.00. The van der Waals surface area contributed by atoms with E-state index in [1.54, 1.807) is 7.11 Å². The van der Waals surface area contributed by atoms with Crippen LogP contribution in [0.1, 0.15) is 82.9 Å². The van der Waals surface area contributed by atoms with E-state index >= 15 is 0 Å². The fourth-order valence-electron chi connectivity index (χ4n) is 5.30. The van der Waals surface area contributed by atoms with Gasteiger partial charge >= 0.3 is 0 Å². The number of halogens is 1. The molecule has 0 amide bonds. The van der Waals surface area contributed by atoms with Crippen LogP contribution in [0, 0.1) is 0 Å². The molecule has 1 aliphatic rings. The van der Waals surface area contributed by atoms with Crippen LogP contribution in [0.2, 0.25) is 5.02 Å². The van der Waals surface area contributed by atoms with Gasteiger partial charge in [0.1, 0.15) is 30.2 Å². The number of rotatable bonds is 19. The molecule has 1 heterocycles. The lowest BCUT2D eigenvalue weighted by Gasteiger charge is -2.52. The van der Waals surface area contributed by atoms with Crippen LogP contribution in [0.5, 0.6) is 5.75 Å². The van der Waals surface area contributed by atoms with Crippen LogP contribution in [0.15, 0.2) is 42.5 Å². The summed E-state index contributed by atoms with van der Waals surface area (Å²) in [5.41, 5.74) is 2.78. The van der Waals surface area contributed by atoms with E-state index in [1.807, 2.05) is 49.4 Å². The summed E-state index contributed by atoms with van der Waals surface area (Å²) in [6, 6.07) is 13.8. The lowest BCUT2D eigenvalue weighted by atomic mass is 9.86. The standard InChI is InChI=1S/C34H51ClO7/c1-6-10-19-39-31-30(24-36)42-34(37-5,33(41-21-12-8-3)32(31)40-20-11-7-2)27-15-18-29(35)26(23-27)22-25-13-16-28(17-14-25)38-9-4/h13-18,23,30-33,36H,6-12,19-22,24H2,1-5H3/t30-,31-,32+,33-,34+/m1/s1. The third-order valence-corrected chi connectivity index (χ3v) is 8.03. The predicted octanol–water partition coefficient (Wildman–Crippen LogP) is 7.08. The molecule has 0 aromatic heterocycles. The van der Waals surface area contributed by atoms with Crippen LogP contribution in [0.4, 0.5) is 0 Å². The minimum atomic E-state index is -1.35. The first-order valence-corrected chi connectivity index (χ1v) is 16.0. The summed E-state index contributed by atoms with van der Waals surface area (Å²) in [4.78, 5) is 0. The van der Waals surface area contributed by atoms with Crippen molar-refractivity contribution in [2.24, 2.45) is 0 Å². The van der Waals surface area contributed by atoms with Gasteiger partial charge in [0, 0.05) is 37.5 Å². The molecular formula is C34H51ClO7. The Kier molecular flexibility index (Phi) is 15.1. The maximum Gasteiger partial charge on any atom is 0.225 e. The van der Waals surface area contributed by atoms with E-state index in [1.165, 1.54) is 0 Å². The Morgan fingerprint density at radius 3 is 2.02 bits per heavy atom. The first-order valence-electron chi connectivity index (χ1n) is 15.7. The second-order valence-corrected chi connectivity index (χ2v) is 11.2. The molecule has 1 N–H and O–H groups in total. The first-order chi connectivity index (χ1) is 20.5. The van der Waals surface area contributed by atoms with Crippen molar-refractivity contribution in [2.75, 3.05) is 40.1 Å². The second-order valence-electron chi connectivity index (χ2n) is 10.8. The molecule has 236 valence electrons. The topological polar surface area (TPSA) is 75.6 Å². The molecule has 2 aromatic rings. The van der Waals surface area contributed by atoms with Crippen molar-refractivity contribution < 1.29 is 33.5 Å². The lowest BCUT2D eigenvalue weighted by Crippen LogP contribution is -2.66. The van der Waals surface area contributed by atoms with Gasteiger partial charge in [0.15, 0.2) is 0 Å². The van der Waals surface area contributed by atoms with Gasteiger partial charge in [-0.25, -0.2) is 0 Å². The highest BCUT2D eigenvalue weighted by Gasteiger charge is 2.58. The maximum absolute atomic E-state index is 10.5. The van der Waals surface area contributed by atoms with Gasteiger partial charge in [0.05, 0.1) is 13.2 Å². The minimum absolute atomic E-state index is 0.246. The molecule has 1 fully saturated rings. The summed E-state index contributed by atoms with van der Waals surface area (Å²) in [5.74, 6) is -0.511. The van der Waals surface area contributed by atoms with Crippen LogP contribution in [0.3, 0.4) is 0 Å². The maximum atomic E-state index is 10.5. The van der Waals surface area contributed by atoms with E-state index in [0.717, 1.165) is 61.0 Å². The third-order valence-electron chi connectivity index (χ3n) is 7.66. The van der Waals surface area contributed by atoms with Gasteiger partial charge < -0.3 is 33.5 Å². The monoisotopic (exact) mass is 606 g/mol. The Morgan fingerprint density at radius 1 is 0.833 bits per heavy atom. The summed E-state index contributed by atoms with van der Waals surface area (Å²) >= 11 is 6.73. The molecule has 0 bridgehead atoms. The molecule has 0 spiro atoms. The Labute approximate surface area is 257 Å². The van der Waals surface area contributed by atoms with Crippen LogP contribution in [-0.2, 0) is 35.9 Å². The van der Waals surface area contributed by atoms with Crippen molar-refractivity contribution in [3.63, 3.8) is 0 Å². The van der Waals surface area contributed by atoms with Crippen LogP contribution < -0.4 is 4.74 Å². The van der Waals surface area contributed by atoms with Gasteiger partial charge in [-0.3, -0.25) is 0 Å². The van der Waals surface area contributed by atoms with E-state index in [0.29, 0.717) is 37.9 Å². The molecule has 7 nitrogen and oxygen atoms in total. The number of aliphatic hydroxyl groups is 1. The highest BCUT2D eigenvalue weighted by atomic mass is 35.5. The van der Waals surface area contributed by atoms with Crippen molar-refractivity contribution in [3.8, 4) is 5.75 Å². The fourth-order valence-corrected chi connectivity index (χ4v) is 5.49. The van der Waals surface area contributed by atoms with Gasteiger partial charge in [-0.1, -0.05) is 69.8 Å². The summed E-state index contributed by atoms with van der Waals surface area (Å²) < 4.78 is 38.1. The molecule has 0 radical (unpaired) electrons. The number of benzene rings is 2. The largest absolute Gasteiger partial charge is 0.494 e. The number of hydrogen-bond acceptors (Lipinski definition) is 7. The molecule has 5 atom stereocenters. The Bertz CT molecular complexity index is 1030. The quantitative estimate of drug-likeness (QED) is 0.171. The predicted molar refractivity (Wildman–Crippen MR) is 166 cm³/mol. The molecule has 42 heavy (non-hydrogen) atoms. The van der Waals surface area contributed by atoms with Gasteiger partial charge in [-0.05, 0) is 68.0 Å². The van der Waals surface area contributed by atoms with Gasteiger partial charge in [-0.2, -0.15) is 0 Å². The van der Waals surface area contributed by atoms with E-state index in [2.05, 4.69) is 20.8 Å². The molecular weight excluding hydrogens is 556 g/mol. The second kappa shape index (κ2) is 18.2. The molecule has 0 saturated carbocycles. The van der Waals surface area contributed by atoms with E-state index < -0.39 is 30.2 Å². The smallest absolute Gasteiger partial charge is 0.225 e. The van der Waals surface area contributed by atoms with E-state index in [-0.39, 0.29) is 6.61 Å². The zero-order chi connectivity index (χ0) is 30.4. The summed E-state index contributed by atoms with van der Waals surface area (Å²) in [6.07, 6.45) is 3.94. The Balaban J connectivity index is 2.04. The average molecular weight is 607 g/mol. The van der Waals surface area contributed by atoms with E-state index in [4.69, 9.17) is 40.0 Å². The van der Waals surface area contributed by atoms with Crippen LogP contribution in [-0.4, -0.2) is 69.7 Å². The SMILES string of the molecule is CCCCO[C@H]1[C@H](OCCCC)[C@@H](CO)O[C@@](OC)(c2ccc(Cl)c(Cc3ccc(OCC)cc3)c2)[C@@H]1OCCCC. The minimum Gasteiger partial charge on any atom is -0.494 e. The summed E-state index contributed by atoms with van der Waals surface area (Å²) in [7, 11) is 1.62. The van der Waals surface area contributed by atoms with Crippen molar-refractivity contribution in [1.29, 1.82) is 0 Å². The normalized spacial score (nSPS) is 24.2. The third kappa shape index (κ3) is 8.91. The van der Waals surface area contributed by atoms with E-state index in [9.17, 15) is 5.11 Å². The summed E-state index contributed by atoms with van der Waals surface area (Å²) in [6.45, 7) is 10.3. The van der Waals surface area contributed by atoms with Gasteiger partial charge in [-0.15, -0.1) is 0 Å². The fraction of sp³-hybridized carbons (Fsp3) is 0.647. The van der Waals surface area contributed by atoms with Gasteiger partial charge in [0.2, 0.25) is 5.79 Å². The number of unbranched alkanes of at least 4 members (excludes halogenated alkanes) is 3.